The van der Waals surface area contributed by atoms with Crippen LogP contribution in [-0.4, -0.2) is 55.0 Å². The molecule has 6 heteroatoms. The largest absolute Gasteiger partial charge is 0.383 e. The van der Waals surface area contributed by atoms with Crippen LogP contribution in [0.2, 0.25) is 0 Å². The van der Waals surface area contributed by atoms with Crippen LogP contribution < -0.4 is 10.2 Å². The Bertz CT molecular complexity index is 525. The first-order chi connectivity index (χ1) is 9.22. The van der Waals surface area contributed by atoms with Gasteiger partial charge in [-0.05, 0) is 13.0 Å². The van der Waals surface area contributed by atoms with Crippen molar-refractivity contribution in [3.8, 4) is 0 Å². The number of hydrogen-bond acceptors (Lipinski definition) is 5. The molecule has 2 aromatic heterocycles. The average Bonchev–Trinajstić information content (AvgIpc) is 2.78. The maximum atomic E-state index is 4.99. The Morgan fingerprint density at radius 1 is 1.42 bits per heavy atom. The number of aryl methyl sites for hydroxylation is 1. The van der Waals surface area contributed by atoms with Gasteiger partial charge in [0.05, 0.1) is 12.3 Å². The molecule has 0 unspecified atom stereocenters. The first-order valence-electron chi connectivity index (χ1n) is 6.44. The molecule has 2 rings (SSSR count). The zero-order valence-corrected chi connectivity index (χ0v) is 11.8. The van der Waals surface area contributed by atoms with Crippen molar-refractivity contribution in [2.75, 3.05) is 45.3 Å². The number of likely N-dealkylation sites (N-methyl/N-ethyl adjacent to an activating group) is 1. The number of hydrogen-bond donors (Lipinski definition) is 1. The van der Waals surface area contributed by atoms with Crippen molar-refractivity contribution in [2.45, 2.75) is 6.92 Å². The van der Waals surface area contributed by atoms with Gasteiger partial charge in [0.25, 0.3) is 0 Å². The fourth-order valence-corrected chi connectivity index (χ4v) is 1.98. The zero-order valence-electron chi connectivity index (χ0n) is 11.8. The first kappa shape index (κ1) is 13.8. The minimum absolute atomic E-state index is 0.735. The smallest absolute Gasteiger partial charge is 0.154 e. The highest BCUT2D eigenvalue weighted by Crippen LogP contribution is 2.17. The molecular weight excluding hydrogens is 242 g/mol. The molecular formula is C13H21N5O. The first-order valence-corrected chi connectivity index (χ1v) is 6.44. The van der Waals surface area contributed by atoms with Crippen LogP contribution in [0.3, 0.4) is 0 Å². The summed E-state index contributed by atoms with van der Waals surface area (Å²) in [6, 6.07) is 2.05. The lowest BCUT2D eigenvalue weighted by molar-refractivity contribution is 0.200. The Kier molecular flexibility index (Phi) is 4.70. The topological polar surface area (TPSA) is 54.7 Å². The Hall–Kier alpha value is -1.66. The van der Waals surface area contributed by atoms with E-state index in [-0.39, 0.29) is 0 Å². The average molecular weight is 263 g/mol. The van der Waals surface area contributed by atoms with E-state index in [1.54, 1.807) is 13.3 Å². The van der Waals surface area contributed by atoms with Crippen LogP contribution in [0.15, 0.2) is 18.5 Å². The highest BCUT2D eigenvalue weighted by molar-refractivity contribution is 5.68. The zero-order chi connectivity index (χ0) is 13.7. The highest BCUT2D eigenvalue weighted by atomic mass is 16.5. The molecule has 0 amide bonds. The molecule has 0 aliphatic rings. The van der Waals surface area contributed by atoms with E-state index < -0.39 is 0 Å². The summed E-state index contributed by atoms with van der Waals surface area (Å²) >= 11 is 0. The van der Waals surface area contributed by atoms with Gasteiger partial charge in [-0.3, -0.25) is 0 Å². The molecule has 0 aliphatic carbocycles. The molecule has 0 saturated heterocycles. The predicted octanol–water partition coefficient (Wildman–Crippen LogP) is 0.710. The normalized spacial score (nSPS) is 11.1. The third-order valence-electron chi connectivity index (χ3n) is 2.96. The lowest BCUT2D eigenvalue weighted by Crippen LogP contribution is -2.31. The summed E-state index contributed by atoms with van der Waals surface area (Å²) in [5, 5.41) is 7.72. The summed E-state index contributed by atoms with van der Waals surface area (Å²) in [7, 11) is 3.75. The van der Waals surface area contributed by atoms with Gasteiger partial charge in [0.15, 0.2) is 5.82 Å². The van der Waals surface area contributed by atoms with E-state index in [0.717, 1.165) is 43.3 Å². The van der Waals surface area contributed by atoms with Crippen LogP contribution in [0, 0.1) is 6.92 Å². The summed E-state index contributed by atoms with van der Waals surface area (Å²) < 4.78 is 6.86. The number of ether oxygens (including phenoxy) is 1. The van der Waals surface area contributed by atoms with E-state index >= 15 is 0 Å². The lowest BCUT2D eigenvalue weighted by atomic mass is 10.4. The molecule has 19 heavy (non-hydrogen) atoms. The maximum absolute atomic E-state index is 4.99. The summed E-state index contributed by atoms with van der Waals surface area (Å²) in [5.41, 5.74) is 2.04. The van der Waals surface area contributed by atoms with Crippen molar-refractivity contribution in [2.24, 2.45) is 0 Å². The predicted molar refractivity (Wildman–Crippen MR) is 75.7 cm³/mol. The van der Waals surface area contributed by atoms with Gasteiger partial charge in [0.2, 0.25) is 0 Å². The number of nitrogens with zero attached hydrogens (tertiary/aromatic N) is 4. The van der Waals surface area contributed by atoms with Crippen LogP contribution in [0.1, 0.15) is 5.69 Å². The van der Waals surface area contributed by atoms with Crippen LogP contribution in [-0.2, 0) is 4.74 Å². The van der Waals surface area contributed by atoms with E-state index in [2.05, 4.69) is 26.4 Å². The number of methoxy groups -OCH3 is 1. The van der Waals surface area contributed by atoms with Gasteiger partial charge in [-0.1, -0.05) is 0 Å². The minimum Gasteiger partial charge on any atom is -0.383 e. The molecule has 0 atom stereocenters. The third kappa shape index (κ3) is 3.42. The van der Waals surface area contributed by atoms with Gasteiger partial charge in [-0.2, -0.15) is 5.10 Å². The second kappa shape index (κ2) is 6.49. The van der Waals surface area contributed by atoms with E-state index in [9.17, 15) is 0 Å². The molecule has 1 N–H and O–H groups in total. The van der Waals surface area contributed by atoms with Crippen molar-refractivity contribution < 1.29 is 4.74 Å². The standard InChI is InChI=1S/C13H21N5O/c1-11-10-12-13(15-5-8-18(12)16-11)17(2)7-4-14-6-9-19-3/h5,8,10,14H,4,6-7,9H2,1-3H3. The molecule has 0 spiro atoms. The lowest BCUT2D eigenvalue weighted by Gasteiger charge is -2.19. The van der Waals surface area contributed by atoms with Crippen LogP contribution >= 0.6 is 0 Å². The second-order valence-electron chi connectivity index (χ2n) is 4.53. The quantitative estimate of drug-likeness (QED) is 0.746. The molecule has 0 radical (unpaired) electrons. The Balaban J connectivity index is 1.98. The number of rotatable bonds is 7. The summed E-state index contributed by atoms with van der Waals surface area (Å²) in [6.07, 6.45) is 3.65. The molecule has 2 aromatic rings. The molecule has 0 fully saturated rings. The summed E-state index contributed by atoms with van der Waals surface area (Å²) in [5.74, 6) is 0.955. The maximum Gasteiger partial charge on any atom is 0.154 e. The fourth-order valence-electron chi connectivity index (χ4n) is 1.98. The van der Waals surface area contributed by atoms with Gasteiger partial charge in [0.1, 0.15) is 5.52 Å². The minimum atomic E-state index is 0.735. The van der Waals surface area contributed by atoms with E-state index in [1.807, 2.05) is 24.7 Å². The van der Waals surface area contributed by atoms with Crippen molar-refractivity contribution >= 4 is 11.3 Å². The third-order valence-corrected chi connectivity index (χ3v) is 2.96. The summed E-state index contributed by atoms with van der Waals surface area (Å²) in [4.78, 5) is 6.58. The van der Waals surface area contributed by atoms with Gasteiger partial charge < -0.3 is 15.0 Å². The number of nitrogens with one attached hydrogen (secondary N) is 1. The van der Waals surface area contributed by atoms with Crippen LogP contribution in [0.25, 0.3) is 5.52 Å². The second-order valence-corrected chi connectivity index (χ2v) is 4.53. The van der Waals surface area contributed by atoms with Crippen molar-refractivity contribution in [3.05, 3.63) is 24.2 Å². The van der Waals surface area contributed by atoms with Crippen molar-refractivity contribution in [1.29, 1.82) is 0 Å². The number of aromatic nitrogens is 3. The fraction of sp³-hybridized carbons (Fsp3) is 0.538. The number of fused-ring (bicyclic) bond motifs is 1. The van der Waals surface area contributed by atoms with Crippen molar-refractivity contribution in [1.82, 2.24) is 19.9 Å². The Morgan fingerprint density at radius 2 is 2.26 bits per heavy atom. The van der Waals surface area contributed by atoms with E-state index in [4.69, 9.17) is 4.74 Å². The molecule has 0 bridgehead atoms. The highest BCUT2D eigenvalue weighted by Gasteiger charge is 2.09. The number of anilines is 1. The van der Waals surface area contributed by atoms with Crippen molar-refractivity contribution in [3.63, 3.8) is 0 Å². The van der Waals surface area contributed by atoms with Gasteiger partial charge in [0, 0.05) is 46.2 Å². The summed E-state index contributed by atoms with van der Waals surface area (Å²) in [6.45, 7) is 5.38. The Morgan fingerprint density at radius 3 is 3.05 bits per heavy atom. The van der Waals surface area contributed by atoms with Gasteiger partial charge >= 0.3 is 0 Å². The monoisotopic (exact) mass is 263 g/mol. The van der Waals surface area contributed by atoms with Crippen LogP contribution in [0.4, 0.5) is 5.82 Å². The Labute approximate surface area is 113 Å². The molecule has 2 heterocycles. The molecule has 104 valence electrons. The van der Waals surface area contributed by atoms with E-state index in [1.165, 1.54) is 0 Å². The van der Waals surface area contributed by atoms with Crippen LogP contribution in [0.5, 0.6) is 0 Å². The molecule has 0 aromatic carbocycles. The molecule has 0 aliphatic heterocycles. The molecule has 6 nitrogen and oxygen atoms in total. The van der Waals surface area contributed by atoms with Gasteiger partial charge in [-0.25, -0.2) is 9.50 Å². The SMILES string of the molecule is COCCNCCN(C)c1nccn2nc(C)cc12. The van der Waals surface area contributed by atoms with Gasteiger partial charge in [-0.15, -0.1) is 0 Å². The molecule has 0 saturated carbocycles. The van der Waals surface area contributed by atoms with E-state index in [0.29, 0.717) is 0 Å².